The molecule has 3 rings (SSSR count). The van der Waals surface area contributed by atoms with Crippen LogP contribution in [0, 0.1) is 0 Å². The fraction of sp³-hybridized carbons (Fsp3) is 0.174. The molecule has 0 bridgehead atoms. The summed E-state index contributed by atoms with van der Waals surface area (Å²) in [6, 6.07) is 17.7. The van der Waals surface area contributed by atoms with Crippen molar-refractivity contribution in [1.29, 1.82) is 0 Å². The molecule has 0 heterocycles. The first kappa shape index (κ1) is 25.7. The fourth-order valence-corrected chi connectivity index (χ4v) is 5.62. The molecule has 0 aliphatic carbocycles. The van der Waals surface area contributed by atoms with E-state index >= 15 is 0 Å². The first-order chi connectivity index (χ1) is 15.7. The first-order valence-corrected chi connectivity index (χ1v) is 13.6. The summed E-state index contributed by atoms with van der Waals surface area (Å²) in [6.45, 7) is 0.487. The van der Waals surface area contributed by atoms with E-state index in [1.54, 1.807) is 48.2 Å². The molecule has 0 saturated carbocycles. The third-order valence-corrected chi connectivity index (χ3v) is 8.42. The number of nitrogens with zero attached hydrogens (tertiary/aromatic N) is 1. The van der Waals surface area contributed by atoms with E-state index in [1.807, 2.05) is 6.07 Å². The molecule has 0 spiro atoms. The van der Waals surface area contributed by atoms with Gasteiger partial charge in [0, 0.05) is 45.7 Å². The second-order valence-corrected chi connectivity index (χ2v) is 11.4. The van der Waals surface area contributed by atoms with E-state index in [-0.39, 0.29) is 10.8 Å². The first-order valence-electron chi connectivity index (χ1n) is 9.83. The van der Waals surface area contributed by atoms with E-state index in [1.165, 1.54) is 31.3 Å². The zero-order valence-corrected chi connectivity index (χ0v) is 21.5. The monoisotopic (exact) mass is 542 g/mol. The van der Waals surface area contributed by atoms with Crippen LogP contribution in [0.3, 0.4) is 0 Å². The quantitative estimate of drug-likeness (QED) is 0.330. The average molecular weight is 544 g/mol. The summed E-state index contributed by atoms with van der Waals surface area (Å²) in [5, 5.41) is 4.54. The normalized spacial score (nSPS) is 11.3. The Morgan fingerprint density at radius 1 is 0.939 bits per heavy atom. The van der Waals surface area contributed by atoms with Gasteiger partial charge in [-0.1, -0.05) is 40.9 Å². The number of benzene rings is 3. The number of carbonyl (C=O) groups is 1. The van der Waals surface area contributed by atoms with Gasteiger partial charge in [-0.25, -0.2) is 8.42 Å². The minimum Gasteiger partial charge on any atom is -0.351 e. The Balaban J connectivity index is 1.51. The van der Waals surface area contributed by atoms with Crippen LogP contribution in [0.4, 0.5) is 5.69 Å². The van der Waals surface area contributed by atoms with E-state index in [0.29, 0.717) is 38.6 Å². The van der Waals surface area contributed by atoms with Crippen molar-refractivity contribution in [2.75, 3.05) is 23.7 Å². The predicted octanol–water partition coefficient (Wildman–Crippen LogP) is 6.14. The van der Waals surface area contributed by atoms with Gasteiger partial charge in [0.05, 0.1) is 10.6 Å². The van der Waals surface area contributed by atoms with E-state index in [4.69, 9.17) is 34.8 Å². The molecule has 10 heteroatoms. The molecule has 0 radical (unpaired) electrons. The maximum absolute atomic E-state index is 12.8. The zero-order valence-electron chi connectivity index (χ0n) is 17.6. The van der Waals surface area contributed by atoms with Gasteiger partial charge in [-0.15, -0.1) is 0 Å². The predicted molar refractivity (Wildman–Crippen MR) is 138 cm³/mol. The maximum Gasteiger partial charge on any atom is 0.264 e. The molecule has 0 fully saturated rings. The third-order valence-electron chi connectivity index (χ3n) is 4.77. The van der Waals surface area contributed by atoms with Crippen molar-refractivity contribution < 1.29 is 13.2 Å². The van der Waals surface area contributed by atoms with Gasteiger partial charge in [0.1, 0.15) is 0 Å². The van der Waals surface area contributed by atoms with Gasteiger partial charge in [0.25, 0.3) is 15.9 Å². The van der Waals surface area contributed by atoms with Crippen LogP contribution in [0.5, 0.6) is 0 Å². The molecule has 33 heavy (non-hydrogen) atoms. The fourth-order valence-electron chi connectivity index (χ4n) is 2.89. The number of halogens is 3. The van der Waals surface area contributed by atoms with Crippen molar-refractivity contribution >= 4 is 68.2 Å². The van der Waals surface area contributed by atoms with Crippen molar-refractivity contribution in [3.05, 3.63) is 92.9 Å². The largest absolute Gasteiger partial charge is 0.351 e. The molecule has 174 valence electrons. The molecule has 1 N–H and O–H groups in total. The smallest absolute Gasteiger partial charge is 0.264 e. The summed E-state index contributed by atoms with van der Waals surface area (Å²) in [5.74, 6) is 1.20. The number of hydrogen-bond donors (Lipinski definition) is 1. The van der Waals surface area contributed by atoms with Crippen molar-refractivity contribution in [3.8, 4) is 0 Å². The standard InChI is InChI=1S/C23H21Cl3N2O3S2/c1-28(33(30,31)21-10-6-18(24)7-11-21)20-8-3-16(4-9-20)23(29)27-12-13-32-15-17-2-5-19(25)14-22(17)26/h2-11,14H,12-13,15H2,1H3,(H,27,29). The molecule has 3 aromatic rings. The summed E-state index contributed by atoms with van der Waals surface area (Å²) >= 11 is 19.6. The third kappa shape index (κ3) is 6.80. The molecule has 5 nitrogen and oxygen atoms in total. The Hall–Kier alpha value is -1.90. The van der Waals surface area contributed by atoms with Crippen LogP contribution < -0.4 is 9.62 Å². The number of hydrogen-bond acceptors (Lipinski definition) is 4. The molecular formula is C23H21Cl3N2O3S2. The molecule has 3 aromatic carbocycles. The highest BCUT2D eigenvalue weighted by atomic mass is 35.5. The number of rotatable bonds is 9. The molecule has 1 amide bonds. The molecule has 0 aliphatic rings. The highest BCUT2D eigenvalue weighted by Gasteiger charge is 2.21. The maximum atomic E-state index is 12.8. The number of carbonyl (C=O) groups excluding carboxylic acids is 1. The SMILES string of the molecule is CN(c1ccc(C(=O)NCCSCc2ccc(Cl)cc2Cl)cc1)S(=O)(=O)c1ccc(Cl)cc1. The summed E-state index contributed by atoms with van der Waals surface area (Å²) < 4.78 is 26.7. The molecule has 0 atom stereocenters. The Labute approximate surface area is 213 Å². The van der Waals surface area contributed by atoms with E-state index in [9.17, 15) is 13.2 Å². The summed E-state index contributed by atoms with van der Waals surface area (Å²) in [7, 11) is -2.27. The highest BCUT2D eigenvalue weighted by molar-refractivity contribution is 7.98. The van der Waals surface area contributed by atoms with Crippen LogP contribution in [0.1, 0.15) is 15.9 Å². The van der Waals surface area contributed by atoms with Gasteiger partial charge in [-0.3, -0.25) is 9.10 Å². The summed E-state index contributed by atoms with van der Waals surface area (Å²) in [6.07, 6.45) is 0. The minimum atomic E-state index is -3.74. The zero-order chi connectivity index (χ0) is 24.0. The van der Waals surface area contributed by atoms with Crippen molar-refractivity contribution in [3.63, 3.8) is 0 Å². The Bertz CT molecular complexity index is 1220. The van der Waals surface area contributed by atoms with Gasteiger partial charge in [-0.2, -0.15) is 11.8 Å². The Kier molecular flexibility index (Phi) is 8.95. The molecule has 0 saturated heterocycles. The van der Waals surface area contributed by atoms with Gasteiger partial charge < -0.3 is 5.32 Å². The highest BCUT2D eigenvalue weighted by Crippen LogP contribution is 2.25. The number of nitrogens with one attached hydrogen (secondary N) is 1. The van der Waals surface area contributed by atoms with Crippen LogP contribution in [0.15, 0.2) is 71.6 Å². The number of amides is 1. The van der Waals surface area contributed by atoms with Gasteiger partial charge >= 0.3 is 0 Å². The molecule has 0 aromatic heterocycles. The lowest BCUT2D eigenvalue weighted by molar-refractivity contribution is 0.0956. The molecule has 0 unspecified atom stereocenters. The number of thioether (sulfide) groups is 1. The lowest BCUT2D eigenvalue weighted by Gasteiger charge is -2.19. The van der Waals surface area contributed by atoms with Gasteiger partial charge in [-0.05, 0) is 66.2 Å². The van der Waals surface area contributed by atoms with Crippen LogP contribution in [-0.4, -0.2) is 33.7 Å². The van der Waals surface area contributed by atoms with E-state index in [0.717, 1.165) is 15.6 Å². The van der Waals surface area contributed by atoms with Crippen molar-refractivity contribution in [2.45, 2.75) is 10.6 Å². The lowest BCUT2D eigenvalue weighted by atomic mass is 10.2. The Morgan fingerprint density at radius 3 is 2.21 bits per heavy atom. The number of sulfonamides is 1. The van der Waals surface area contributed by atoms with E-state index < -0.39 is 10.0 Å². The second-order valence-electron chi connectivity index (χ2n) is 7.02. The van der Waals surface area contributed by atoms with Crippen molar-refractivity contribution in [2.24, 2.45) is 0 Å². The topological polar surface area (TPSA) is 66.5 Å². The Morgan fingerprint density at radius 2 is 1.58 bits per heavy atom. The van der Waals surface area contributed by atoms with Gasteiger partial charge in [0.2, 0.25) is 0 Å². The molecule has 0 aliphatic heterocycles. The van der Waals surface area contributed by atoms with E-state index in [2.05, 4.69) is 5.32 Å². The van der Waals surface area contributed by atoms with Gasteiger partial charge in [0.15, 0.2) is 0 Å². The summed E-state index contributed by atoms with van der Waals surface area (Å²) in [4.78, 5) is 12.5. The lowest BCUT2D eigenvalue weighted by Crippen LogP contribution is -2.27. The second kappa shape index (κ2) is 11.5. The minimum absolute atomic E-state index is 0.133. The summed E-state index contributed by atoms with van der Waals surface area (Å²) in [5.41, 5.74) is 1.88. The average Bonchev–Trinajstić information content (AvgIpc) is 2.80. The van der Waals surface area contributed by atoms with Crippen LogP contribution in [-0.2, 0) is 15.8 Å². The van der Waals surface area contributed by atoms with Crippen LogP contribution in [0.25, 0.3) is 0 Å². The van der Waals surface area contributed by atoms with Crippen LogP contribution >= 0.6 is 46.6 Å². The molecular weight excluding hydrogens is 523 g/mol. The number of anilines is 1. The van der Waals surface area contributed by atoms with Crippen molar-refractivity contribution in [1.82, 2.24) is 5.32 Å². The van der Waals surface area contributed by atoms with Crippen LogP contribution in [0.2, 0.25) is 15.1 Å².